The average molecular weight is 460 g/mol. The number of fused-ring (bicyclic) bond motifs is 1. The molecule has 4 aromatic rings. The standard InChI is InChI=1S/C27H26ClN3O2/c1-18-10-11-25(19(2)14-18)33-13-12-30-24-9-4-3-8-23(24)29-27(30)20-15-26(32)31(17-20)22-7-5-6-21(28)16-22/h3-11,14,16,20H,12-13,15,17H2,1-2H3/t20-/m0/s1. The minimum Gasteiger partial charge on any atom is -0.491 e. The first-order chi connectivity index (χ1) is 16.0. The van der Waals surface area contributed by atoms with Gasteiger partial charge in [-0.3, -0.25) is 4.79 Å². The number of para-hydroxylation sites is 2. The second kappa shape index (κ2) is 8.91. The maximum atomic E-state index is 12.9. The highest BCUT2D eigenvalue weighted by Crippen LogP contribution is 2.34. The number of aryl methyl sites for hydroxylation is 2. The molecule has 0 unspecified atom stereocenters. The summed E-state index contributed by atoms with van der Waals surface area (Å²) in [6.45, 7) is 5.91. The number of rotatable bonds is 6. The molecule has 1 fully saturated rings. The monoisotopic (exact) mass is 459 g/mol. The predicted molar refractivity (Wildman–Crippen MR) is 132 cm³/mol. The molecule has 0 aliphatic carbocycles. The molecule has 1 aromatic heterocycles. The van der Waals surface area contributed by atoms with Crippen molar-refractivity contribution in [1.82, 2.24) is 9.55 Å². The normalized spacial score (nSPS) is 16.0. The fourth-order valence-corrected chi connectivity index (χ4v) is 4.81. The van der Waals surface area contributed by atoms with Gasteiger partial charge in [-0.05, 0) is 55.8 Å². The summed E-state index contributed by atoms with van der Waals surface area (Å²) >= 11 is 6.16. The van der Waals surface area contributed by atoms with E-state index in [4.69, 9.17) is 21.3 Å². The Balaban J connectivity index is 1.40. The summed E-state index contributed by atoms with van der Waals surface area (Å²) in [7, 11) is 0. The fraction of sp³-hybridized carbons (Fsp3) is 0.259. The highest BCUT2D eigenvalue weighted by molar-refractivity contribution is 6.30. The van der Waals surface area contributed by atoms with E-state index < -0.39 is 0 Å². The summed E-state index contributed by atoms with van der Waals surface area (Å²) < 4.78 is 8.32. The van der Waals surface area contributed by atoms with Crippen LogP contribution >= 0.6 is 11.6 Å². The molecule has 0 bridgehead atoms. The van der Waals surface area contributed by atoms with E-state index >= 15 is 0 Å². The Morgan fingerprint density at radius 3 is 2.73 bits per heavy atom. The molecule has 6 heteroatoms. The van der Waals surface area contributed by atoms with Crippen LogP contribution in [0.15, 0.2) is 66.7 Å². The third-order valence-corrected chi connectivity index (χ3v) is 6.43. The number of halogens is 1. The first kappa shape index (κ1) is 21.5. The molecular formula is C27H26ClN3O2. The number of carbonyl (C=O) groups is 1. The smallest absolute Gasteiger partial charge is 0.227 e. The number of nitrogens with zero attached hydrogens (tertiary/aromatic N) is 3. The molecule has 1 atom stereocenters. The summed E-state index contributed by atoms with van der Waals surface area (Å²) in [4.78, 5) is 19.6. The van der Waals surface area contributed by atoms with Crippen molar-refractivity contribution in [3.63, 3.8) is 0 Å². The van der Waals surface area contributed by atoms with Crippen LogP contribution in [0, 0.1) is 13.8 Å². The molecule has 1 saturated heterocycles. The van der Waals surface area contributed by atoms with Crippen molar-refractivity contribution in [1.29, 1.82) is 0 Å². The van der Waals surface area contributed by atoms with Crippen molar-refractivity contribution in [3.8, 4) is 5.75 Å². The van der Waals surface area contributed by atoms with E-state index in [1.54, 1.807) is 0 Å². The van der Waals surface area contributed by atoms with Crippen LogP contribution in [0.25, 0.3) is 11.0 Å². The lowest BCUT2D eigenvalue weighted by Gasteiger charge is -2.18. The van der Waals surface area contributed by atoms with Crippen molar-refractivity contribution in [3.05, 3.63) is 88.7 Å². The molecule has 168 valence electrons. The van der Waals surface area contributed by atoms with E-state index in [0.717, 1.165) is 33.9 Å². The summed E-state index contributed by atoms with van der Waals surface area (Å²) in [6, 6.07) is 21.8. The number of hydrogen-bond acceptors (Lipinski definition) is 3. The van der Waals surface area contributed by atoms with E-state index in [1.807, 2.05) is 53.4 Å². The molecule has 1 aliphatic heterocycles. The van der Waals surface area contributed by atoms with E-state index in [2.05, 4.69) is 36.6 Å². The molecule has 0 radical (unpaired) electrons. The Hall–Kier alpha value is -3.31. The number of imidazole rings is 1. The SMILES string of the molecule is Cc1ccc(OCCn2c([C@H]3CC(=O)N(c4cccc(Cl)c4)C3)nc3ccccc32)c(C)c1. The second-order valence-corrected chi connectivity index (χ2v) is 9.05. The maximum absolute atomic E-state index is 12.9. The van der Waals surface area contributed by atoms with Gasteiger partial charge in [0.05, 0.1) is 17.6 Å². The van der Waals surface area contributed by atoms with E-state index in [0.29, 0.717) is 31.1 Å². The molecule has 1 amide bonds. The van der Waals surface area contributed by atoms with Gasteiger partial charge in [-0.1, -0.05) is 47.5 Å². The van der Waals surface area contributed by atoms with Crippen LogP contribution in [0.5, 0.6) is 5.75 Å². The molecule has 2 heterocycles. The van der Waals surface area contributed by atoms with Gasteiger partial charge in [-0.2, -0.15) is 0 Å². The molecule has 0 spiro atoms. The summed E-state index contributed by atoms with van der Waals surface area (Å²) in [5.41, 5.74) is 5.18. The number of aromatic nitrogens is 2. The Kier molecular flexibility index (Phi) is 5.81. The number of anilines is 1. The zero-order valence-corrected chi connectivity index (χ0v) is 19.5. The molecule has 3 aromatic carbocycles. The first-order valence-electron chi connectivity index (χ1n) is 11.2. The molecule has 5 rings (SSSR count). The minimum atomic E-state index is 0.00462. The van der Waals surface area contributed by atoms with Crippen molar-refractivity contribution >= 4 is 34.2 Å². The van der Waals surface area contributed by atoms with Crippen molar-refractivity contribution in [2.45, 2.75) is 32.7 Å². The Morgan fingerprint density at radius 2 is 1.91 bits per heavy atom. The van der Waals surface area contributed by atoms with Crippen molar-refractivity contribution in [2.75, 3.05) is 18.1 Å². The quantitative estimate of drug-likeness (QED) is 0.360. The van der Waals surface area contributed by atoms with Gasteiger partial charge in [0, 0.05) is 29.6 Å². The van der Waals surface area contributed by atoms with Gasteiger partial charge < -0.3 is 14.2 Å². The molecule has 33 heavy (non-hydrogen) atoms. The Bertz CT molecular complexity index is 1330. The molecule has 1 aliphatic rings. The van der Waals surface area contributed by atoms with E-state index in [1.165, 1.54) is 5.56 Å². The summed E-state index contributed by atoms with van der Waals surface area (Å²) in [6.07, 6.45) is 0.424. The Labute approximate surface area is 198 Å². The summed E-state index contributed by atoms with van der Waals surface area (Å²) in [5.74, 6) is 1.92. The van der Waals surface area contributed by atoms with Crippen LogP contribution in [0.2, 0.25) is 5.02 Å². The third-order valence-electron chi connectivity index (χ3n) is 6.20. The Morgan fingerprint density at radius 1 is 1.06 bits per heavy atom. The fourth-order valence-electron chi connectivity index (χ4n) is 4.62. The maximum Gasteiger partial charge on any atom is 0.227 e. The highest BCUT2D eigenvalue weighted by atomic mass is 35.5. The zero-order chi connectivity index (χ0) is 22.9. The van der Waals surface area contributed by atoms with Crippen LogP contribution < -0.4 is 9.64 Å². The van der Waals surface area contributed by atoms with Crippen LogP contribution in [0.1, 0.15) is 29.3 Å². The highest BCUT2D eigenvalue weighted by Gasteiger charge is 2.34. The van der Waals surface area contributed by atoms with E-state index in [9.17, 15) is 4.79 Å². The number of amides is 1. The second-order valence-electron chi connectivity index (χ2n) is 8.61. The van der Waals surface area contributed by atoms with Gasteiger partial charge >= 0.3 is 0 Å². The van der Waals surface area contributed by atoms with Gasteiger partial charge in [0.15, 0.2) is 0 Å². The average Bonchev–Trinajstić information content (AvgIpc) is 3.36. The third kappa shape index (κ3) is 4.33. The number of carbonyl (C=O) groups excluding carboxylic acids is 1. The topological polar surface area (TPSA) is 47.4 Å². The largest absolute Gasteiger partial charge is 0.491 e. The van der Waals surface area contributed by atoms with Crippen molar-refractivity contribution < 1.29 is 9.53 Å². The van der Waals surface area contributed by atoms with Gasteiger partial charge in [0.2, 0.25) is 5.91 Å². The van der Waals surface area contributed by atoms with Crippen LogP contribution in [0.4, 0.5) is 5.69 Å². The zero-order valence-electron chi connectivity index (χ0n) is 18.8. The van der Waals surface area contributed by atoms with Crippen LogP contribution in [-0.2, 0) is 11.3 Å². The lowest BCUT2D eigenvalue weighted by atomic mass is 10.1. The van der Waals surface area contributed by atoms with Crippen LogP contribution in [-0.4, -0.2) is 28.6 Å². The van der Waals surface area contributed by atoms with Crippen molar-refractivity contribution in [2.24, 2.45) is 0 Å². The van der Waals surface area contributed by atoms with E-state index in [-0.39, 0.29) is 11.8 Å². The summed E-state index contributed by atoms with van der Waals surface area (Å²) in [5, 5.41) is 0.625. The number of ether oxygens (including phenoxy) is 1. The minimum absolute atomic E-state index is 0.00462. The van der Waals surface area contributed by atoms with Gasteiger partial charge in [0.1, 0.15) is 18.2 Å². The first-order valence-corrected chi connectivity index (χ1v) is 11.6. The predicted octanol–water partition coefficient (Wildman–Crippen LogP) is 5.91. The number of hydrogen-bond donors (Lipinski definition) is 0. The van der Waals surface area contributed by atoms with Gasteiger partial charge in [-0.15, -0.1) is 0 Å². The lowest BCUT2D eigenvalue weighted by Crippen LogP contribution is -2.24. The van der Waals surface area contributed by atoms with Gasteiger partial charge in [-0.25, -0.2) is 4.98 Å². The molecular weight excluding hydrogens is 434 g/mol. The molecule has 0 saturated carbocycles. The number of benzene rings is 3. The molecule has 5 nitrogen and oxygen atoms in total. The van der Waals surface area contributed by atoms with Gasteiger partial charge in [0.25, 0.3) is 0 Å². The lowest BCUT2D eigenvalue weighted by molar-refractivity contribution is -0.117. The van der Waals surface area contributed by atoms with Crippen LogP contribution in [0.3, 0.4) is 0 Å². The molecule has 0 N–H and O–H groups in total.